The second-order valence-corrected chi connectivity index (χ2v) is 3.46. The monoisotopic (exact) mass is 254 g/mol. The van der Waals surface area contributed by atoms with Crippen LogP contribution in [0, 0.1) is 17.5 Å². The number of hydrogen-bond acceptors (Lipinski definition) is 3. The maximum Gasteiger partial charge on any atom is 0.322 e. The Bertz CT molecular complexity index is 575. The molecule has 0 saturated carbocycles. The van der Waals surface area contributed by atoms with Crippen molar-refractivity contribution in [2.45, 2.75) is 13.3 Å². The van der Waals surface area contributed by atoms with Gasteiger partial charge in [-0.1, -0.05) is 6.92 Å². The zero-order valence-corrected chi connectivity index (χ0v) is 9.45. The lowest BCUT2D eigenvalue weighted by Crippen LogP contribution is -1.99. The van der Waals surface area contributed by atoms with Gasteiger partial charge < -0.3 is 4.74 Å². The van der Waals surface area contributed by atoms with Gasteiger partial charge in [-0.25, -0.2) is 13.8 Å². The van der Waals surface area contributed by atoms with Crippen molar-refractivity contribution in [3.8, 4) is 11.8 Å². The van der Waals surface area contributed by atoms with Crippen molar-refractivity contribution in [2.24, 2.45) is 0 Å². The molecule has 2 aromatic rings. The van der Waals surface area contributed by atoms with Gasteiger partial charge in [0.2, 0.25) is 5.82 Å². The van der Waals surface area contributed by atoms with Gasteiger partial charge >= 0.3 is 6.01 Å². The number of nitrogens with zero attached hydrogens (tertiary/aromatic N) is 2. The van der Waals surface area contributed by atoms with Crippen LogP contribution in [-0.4, -0.2) is 9.97 Å². The van der Waals surface area contributed by atoms with Crippen LogP contribution < -0.4 is 4.74 Å². The van der Waals surface area contributed by atoms with E-state index in [4.69, 9.17) is 4.74 Å². The Morgan fingerprint density at radius 1 is 1.11 bits per heavy atom. The van der Waals surface area contributed by atoms with Gasteiger partial charge in [0, 0.05) is 11.9 Å². The molecule has 0 aliphatic heterocycles. The molecular weight excluding hydrogens is 245 g/mol. The van der Waals surface area contributed by atoms with Crippen molar-refractivity contribution in [1.82, 2.24) is 9.97 Å². The number of aryl methyl sites for hydroxylation is 1. The van der Waals surface area contributed by atoms with Gasteiger partial charge in [0.1, 0.15) is 0 Å². The Morgan fingerprint density at radius 2 is 1.89 bits per heavy atom. The lowest BCUT2D eigenvalue weighted by Gasteiger charge is -2.06. The quantitative estimate of drug-likeness (QED) is 0.788. The van der Waals surface area contributed by atoms with Gasteiger partial charge in [-0.2, -0.15) is 9.37 Å². The Morgan fingerprint density at radius 3 is 2.61 bits per heavy atom. The van der Waals surface area contributed by atoms with Gasteiger partial charge in [-0.05, 0) is 24.6 Å². The second kappa shape index (κ2) is 5.03. The van der Waals surface area contributed by atoms with Crippen molar-refractivity contribution in [3.63, 3.8) is 0 Å². The maximum atomic E-state index is 13.3. The van der Waals surface area contributed by atoms with Gasteiger partial charge in [0.25, 0.3) is 0 Å². The highest BCUT2D eigenvalue weighted by Crippen LogP contribution is 2.25. The molecule has 2 rings (SSSR count). The summed E-state index contributed by atoms with van der Waals surface area (Å²) in [4.78, 5) is 7.72. The van der Waals surface area contributed by atoms with Crippen LogP contribution in [0.2, 0.25) is 0 Å². The van der Waals surface area contributed by atoms with Crippen LogP contribution in [0.1, 0.15) is 12.6 Å². The number of rotatable bonds is 3. The van der Waals surface area contributed by atoms with E-state index in [1.807, 2.05) is 6.92 Å². The zero-order valence-electron chi connectivity index (χ0n) is 9.45. The van der Waals surface area contributed by atoms with E-state index < -0.39 is 23.2 Å². The molecule has 1 aromatic heterocycles. The summed E-state index contributed by atoms with van der Waals surface area (Å²) in [5, 5.41) is 0. The van der Waals surface area contributed by atoms with E-state index >= 15 is 0 Å². The summed E-state index contributed by atoms with van der Waals surface area (Å²) in [7, 11) is 0. The fourth-order valence-electron chi connectivity index (χ4n) is 1.31. The average molecular weight is 254 g/mol. The van der Waals surface area contributed by atoms with Gasteiger partial charge in [-0.3, -0.25) is 0 Å². The van der Waals surface area contributed by atoms with Crippen LogP contribution in [0.4, 0.5) is 13.2 Å². The Hall–Kier alpha value is -2.11. The first-order valence-corrected chi connectivity index (χ1v) is 5.25. The summed E-state index contributed by atoms with van der Waals surface area (Å²) in [5.74, 6) is -4.72. The van der Waals surface area contributed by atoms with Gasteiger partial charge in [0.05, 0.1) is 0 Å². The second-order valence-electron chi connectivity index (χ2n) is 3.46. The SMILES string of the molecule is CCc1ccnc(Oc2ccc(F)c(F)c2F)n1. The largest absolute Gasteiger partial charge is 0.421 e. The first-order valence-electron chi connectivity index (χ1n) is 5.25. The molecule has 0 N–H and O–H groups in total. The van der Waals surface area contributed by atoms with Crippen LogP contribution in [-0.2, 0) is 6.42 Å². The van der Waals surface area contributed by atoms with Crippen molar-refractivity contribution in [3.05, 3.63) is 47.5 Å². The highest BCUT2D eigenvalue weighted by molar-refractivity contribution is 5.28. The summed E-state index contributed by atoms with van der Waals surface area (Å²) in [5.41, 5.74) is 0.697. The normalized spacial score (nSPS) is 10.4. The van der Waals surface area contributed by atoms with Gasteiger partial charge in [0.15, 0.2) is 17.4 Å². The molecule has 0 aliphatic rings. The molecule has 6 heteroatoms. The van der Waals surface area contributed by atoms with Crippen molar-refractivity contribution in [1.29, 1.82) is 0 Å². The molecule has 0 radical (unpaired) electrons. The molecule has 3 nitrogen and oxygen atoms in total. The van der Waals surface area contributed by atoms with Crippen molar-refractivity contribution in [2.75, 3.05) is 0 Å². The molecule has 0 saturated heterocycles. The van der Waals surface area contributed by atoms with E-state index in [-0.39, 0.29) is 6.01 Å². The molecule has 0 aliphatic carbocycles. The van der Waals surface area contributed by atoms with Gasteiger partial charge in [-0.15, -0.1) is 0 Å². The molecular formula is C12H9F3N2O. The minimum absolute atomic E-state index is 0.112. The fraction of sp³-hybridized carbons (Fsp3) is 0.167. The first-order chi connectivity index (χ1) is 8.61. The molecule has 18 heavy (non-hydrogen) atoms. The Labute approximate surface area is 101 Å². The van der Waals surface area contributed by atoms with Crippen LogP contribution in [0.5, 0.6) is 11.8 Å². The van der Waals surface area contributed by atoms with E-state index in [1.165, 1.54) is 6.20 Å². The summed E-state index contributed by atoms with van der Waals surface area (Å²) < 4.78 is 44.0. The molecule has 0 unspecified atom stereocenters. The Kier molecular flexibility index (Phi) is 3.45. The van der Waals surface area contributed by atoms with Crippen LogP contribution >= 0.6 is 0 Å². The van der Waals surface area contributed by atoms with Crippen LogP contribution in [0.25, 0.3) is 0 Å². The number of ether oxygens (including phenoxy) is 1. The molecule has 0 fully saturated rings. The van der Waals surface area contributed by atoms with Crippen LogP contribution in [0.15, 0.2) is 24.4 Å². The molecule has 1 aromatic carbocycles. The van der Waals surface area contributed by atoms with E-state index in [0.717, 1.165) is 12.1 Å². The van der Waals surface area contributed by atoms with Crippen LogP contribution in [0.3, 0.4) is 0 Å². The topological polar surface area (TPSA) is 35.0 Å². The third kappa shape index (κ3) is 2.42. The van der Waals surface area contributed by atoms with E-state index in [2.05, 4.69) is 9.97 Å². The molecule has 94 valence electrons. The first kappa shape index (κ1) is 12.3. The highest BCUT2D eigenvalue weighted by Gasteiger charge is 2.15. The Balaban J connectivity index is 2.31. The third-order valence-corrected chi connectivity index (χ3v) is 2.25. The smallest absolute Gasteiger partial charge is 0.322 e. The number of halogens is 3. The fourth-order valence-corrected chi connectivity index (χ4v) is 1.31. The van der Waals surface area contributed by atoms with E-state index in [1.54, 1.807) is 6.07 Å². The van der Waals surface area contributed by atoms with Crippen molar-refractivity contribution >= 4 is 0 Å². The standard InChI is InChI=1S/C12H9F3N2O/c1-2-7-5-6-16-12(17-7)18-9-4-3-8(13)10(14)11(9)15/h3-6H,2H2,1H3. The zero-order chi connectivity index (χ0) is 13.1. The molecule has 1 heterocycles. The number of aromatic nitrogens is 2. The van der Waals surface area contributed by atoms with E-state index in [9.17, 15) is 13.2 Å². The summed E-state index contributed by atoms with van der Waals surface area (Å²) >= 11 is 0. The lowest BCUT2D eigenvalue weighted by atomic mass is 10.3. The predicted molar refractivity (Wildman–Crippen MR) is 57.8 cm³/mol. The predicted octanol–water partition coefficient (Wildman–Crippen LogP) is 3.25. The van der Waals surface area contributed by atoms with E-state index in [0.29, 0.717) is 12.1 Å². The average Bonchev–Trinajstić information content (AvgIpc) is 2.40. The summed E-state index contributed by atoms with van der Waals surface area (Å²) in [6.07, 6.45) is 2.10. The number of benzene rings is 1. The highest BCUT2D eigenvalue weighted by atomic mass is 19.2. The number of hydrogen-bond donors (Lipinski definition) is 0. The molecule has 0 atom stereocenters. The molecule has 0 spiro atoms. The maximum absolute atomic E-state index is 13.3. The summed E-state index contributed by atoms with van der Waals surface area (Å²) in [6.45, 7) is 1.88. The minimum atomic E-state index is -1.58. The lowest BCUT2D eigenvalue weighted by molar-refractivity contribution is 0.377. The van der Waals surface area contributed by atoms with Crippen molar-refractivity contribution < 1.29 is 17.9 Å². The molecule has 0 bridgehead atoms. The summed E-state index contributed by atoms with van der Waals surface area (Å²) in [6, 6.07) is 3.32. The third-order valence-electron chi connectivity index (χ3n) is 2.25. The molecule has 0 amide bonds. The minimum Gasteiger partial charge on any atom is -0.421 e.